The first-order chi connectivity index (χ1) is 9.51. The largest absolute Gasteiger partial charge is 0.496 e. The average molecular weight is 279 g/mol. The van der Waals surface area contributed by atoms with Gasteiger partial charge in [0.1, 0.15) is 5.75 Å². The molecule has 0 bridgehead atoms. The fraction of sp³-hybridized carbons (Fsp3) is 0.533. The van der Waals surface area contributed by atoms with E-state index in [-0.39, 0.29) is 11.8 Å². The highest BCUT2D eigenvalue weighted by molar-refractivity contribution is 5.78. The van der Waals surface area contributed by atoms with Crippen LogP contribution in [0.25, 0.3) is 0 Å². The van der Waals surface area contributed by atoms with Gasteiger partial charge in [-0.3, -0.25) is 4.79 Å². The Morgan fingerprint density at radius 3 is 2.75 bits per heavy atom. The van der Waals surface area contributed by atoms with Gasteiger partial charge in [-0.15, -0.1) is 0 Å². The lowest BCUT2D eigenvalue weighted by molar-refractivity contribution is -0.124. The molecule has 1 amide bonds. The number of hydrogen-bond donors (Lipinski definition) is 2. The first-order valence-corrected chi connectivity index (χ1v) is 6.77. The van der Waals surface area contributed by atoms with E-state index in [4.69, 9.17) is 10.5 Å². The first kappa shape index (κ1) is 16.5. The van der Waals surface area contributed by atoms with Crippen LogP contribution in [0.3, 0.4) is 0 Å². The van der Waals surface area contributed by atoms with Crippen LogP contribution in [0, 0.1) is 5.92 Å². The van der Waals surface area contributed by atoms with Crippen LogP contribution < -0.4 is 15.8 Å². The molecule has 5 heteroatoms. The molecule has 5 nitrogen and oxygen atoms in total. The first-order valence-electron chi connectivity index (χ1n) is 6.77. The molecule has 1 unspecified atom stereocenters. The molecule has 1 aromatic carbocycles. The van der Waals surface area contributed by atoms with Crippen molar-refractivity contribution in [2.24, 2.45) is 11.7 Å². The van der Waals surface area contributed by atoms with E-state index in [0.717, 1.165) is 23.4 Å². The minimum atomic E-state index is -0.0475. The van der Waals surface area contributed by atoms with Crippen LogP contribution in [0.5, 0.6) is 5.75 Å². The molecule has 1 rings (SSSR count). The summed E-state index contributed by atoms with van der Waals surface area (Å²) in [4.78, 5) is 13.7. The number of hydrogen-bond acceptors (Lipinski definition) is 4. The summed E-state index contributed by atoms with van der Waals surface area (Å²) in [6, 6.07) is 5.96. The second kappa shape index (κ2) is 7.87. The van der Waals surface area contributed by atoms with Gasteiger partial charge in [-0.05, 0) is 24.7 Å². The van der Waals surface area contributed by atoms with Crippen molar-refractivity contribution in [1.29, 1.82) is 0 Å². The van der Waals surface area contributed by atoms with Crippen LogP contribution in [-0.2, 0) is 17.9 Å². The Morgan fingerprint density at radius 2 is 2.20 bits per heavy atom. The quantitative estimate of drug-likeness (QED) is 0.780. The molecule has 0 aliphatic rings. The Hall–Kier alpha value is -1.59. The number of ether oxygens (including phenoxy) is 1. The number of carbonyl (C=O) groups excluding carboxylic acids is 1. The number of benzene rings is 1. The lowest BCUT2D eigenvalue weighted by Crippen LogP contribution is -2.34. The van der Waals surface area contributed by atoms with Crippen molar-refractivity contribution in [1.82, 2.24) is 10.2 Å². The number of nitrogens with zero attached hydrogens (tertiary/aromatic N) is 1. The number of rotatable bonds is 7. The van der Waals surface area contributed by atoms with E-state index in [2.05, 4.69) is 16.3 Å². The molecule has 3 N–H and O–H groups in total. The van der Waals surface area contributed by atoms with Crippen LogP contribution in [-0.4, -0.2) is 38.6 Å². The number of carbonyl (C=O) groups is 1. The number of nitrogens with one attached hydrogen (secondary N) is 1. The summed E-state index contributed by atoms with van der Waals surface area (Å²) in [5.41, 5.74) is 7.83. The molecule has 0 heterocycles. The summed E-state index contributed by atoms with van der Waals surface area (Å²) in [6.07, 6.45) is 0. The maximum atomic E-state index is 11.5. The molecule has 0 saturated heterocycles. The van der Waals surface area contributed by atoms with Crippen molar-refractivity contribution in [3.05, 3.63) is 29.3 Å². The molecule has 0 radical (unpaired) electrons. The molecule has 0 saturated carbocycles. The second-order valence-electron chi connectivity index (χ2n) is 5.06. The van der Waals surface area contributed by atoms with Crippen LogP contribution in [0.4, 0.5) is 0 Å². The highest BCUT2D eigenvalue weighted by atomic mass is 16.5. The van der Waals surface area contributed by atoms with Gasteiger partial charge in [-0.2, -0.15) is 0 Å². The molecular weight excluding hydrogens is 254 g/mol. The average Bonchev–Trinajstić information content (AvgIpc) is 2.45. The van der Waals surface area contributed by atoms with Crippen molar-refractivity contribution in [3.63, 3.8) is 0 Å². The van der Waals surface area contributed by atoms with Crippen LogP contribution in [0.1, 0.15) is 18.1 Å². The molecular formula is C15H25N3O2. The summed E-state index contributed by atoms with van der Waals surface area (Å²) in [7, 11) is 5.31. The summed E-state index contributed by atoms with van der Waals surface area (Å²) in [5, 5.41) is 2.67. The van der Waals surface area contributed by atoms with Gasteiger partial charge in [0, 0.05) is 38.2 Å². The lowest BCUT2D eigenvalue weighted by Gasteiger charge is -2.22. The lowest BCUT2D eigenvalue weighted by atomic mass is 10.1. The topological polar surface area (TPSA) is 67.6 Å². The SMILES string of the molecule is CNC(=O)C(C)CN(C)Cc1cc(CN)ccc1OC. The third-order valence-corrected chi connectivity index (χ3v) is 3.30. The van der Waals surface area contributed by atoms with Crippen molar-refractivity contribution in [3.8, 4) is 5.75 Å². The van der Waals surface area contributed by atoms with Gasteiger partial charge in [0.15, 0.2) is 0 Å². The molecule has 112 valence electrons. The summed E-state index contributed by atoms with van der Waals surface area (Å²) >= 11 is 0. The van der Waals surface area contributed by atoms with Crippen molar-refractivity contribution in [2.45, 2.75) is 20.0 Å². The zero-order chi connectivity index (χ0) is 15.1. The summed E-state index contributed by atoms with van der Waals surface area (Å²) < 4.78 is 5.37. The Kier molecular flexibility index (Phi) is 6.48. The predicted molar refractivity (Wildman–Crippen MR) is 80.5 cm³/mol. The van der Waals surface area contributed by atoms with E-state index in [1.165, 1.54) is 0 Å². The Balaban J connectivity index is 2.73. The van der Waals surface area contributed by atoms with Gasteiger partial charge in [-0.25, -0.2) is 0 Å². The highest BCUT2D eigenvalue weighted by Crippen LogP contribution is 2.21. The molecule has 1 aromatic rings. The monoisotopic (exact) mass is 279 g/mol. The zero-order valence-electron chi connectivity index (χ0n) is 12.8. The Morgan fingerprint density at radius 1 is 1.50 bits per heavy atom. The normalized spacial score (nSPS) is 12.3. The fourth-order valence-corrected chi connectivity index (χ4v) is 2.23. The molecule has 0 spiro atoms. The summed E-state index contributed by atoms with van der Waals surface area (Å²) in [5.74, 6) is 0.856. The number of amides is 1. The van der Waals surface area contributed by atoms with E-state index in [1.807, 2.05) is 26.1 Å². The smallest absolute Gasteiger partial charge is 0.223 e. The molecule has 20 heavy (non-hydrogen) atoms. The predicted octanol–water partition coefficient (Wildman–Crippen LogP) is 0.968. The van der Waals surface area contributed by atoms with Gasteiger partial charge in [-0.1, -0.05) is 13.0 Å². The Bertz CT molecular complexity index is 449. The molecule has 1 atom stereocenters. The van der Waals surface area contributed by atoms with Crippen LogP contribution in [0.2, 0.25) is 0 Å². The van der Waals surface area contributed by atoms with Crippen molar-refractivity contribution >= 4 is 5.91 Å². The van der Waals surface area contributed by atoms with E-state index in [9.17, 15) is 4.79 Å². The van der Waals surface area contributed by atoms with Gasteiger partial charge >= 0.3 is 0 Å². The maximum Gasteiger partial charge on any atom is 0.223 e. The zero-order valence-corrected chi connectivity index (χ0v) is 12.8. The van der Waals surface area contributed by atoms with Gasteiger partial charge in [0.25, 0.3) is 0 Å². The minimum absolute atomic E-state index is 0.0475. The minimum Gasteiger partial charge on any atom is -0.496 e. The Labute approximate surface area is 121 Å². The molecule has 0 aromatic heterocycles. The molecule has 0 aliphatic heterocycles. The van der Waals surface area contributed by atoms with Crippen LogP contribution >= 0.6 is 0 Å². The third-order valence-electron chi connectivity index (χ3n) is 3.30. The number of nitrogens with two attached hydrogens (primary N) is 1. The van der Waals surface area contributed by atoms with E-state index < -0.39 is 0 Å². The van der Waals surface area contributed by atoms with Gasteiger partial charge < -0.3 is 20.7 Å². The van der Waals surface area contributed by atoms with Gasteiger partial charge in [0.2, 0.25) is 5.91 Å². The van der Waals surface area contributed by atoms with Gasteiger partial charge in [0.05, 0.1) is 7.11 Å². The fourth-order valence-electron chi connectivity index (χ4n) is 2.23. The van der Waals surface area contributed by atoms with E-state index in [1.54, 1.807) is 14.2 Å². The number of methoxy groups -OCH3 is 1. The van der Waals surface area contributed by atoms with E-state index in [0.29, 0.717) is 13.1 Å². The second-order valence-corrected chi connectivity index (χ2v) is 5.06. The highest BCUT2D eigenvalue weighted by Gasteiger charge is 2.15. The molecule has 0 fully saturated rings. The maximum absolute atomic E-state index is 11.5. The van der Waals surface area contributed by atoms with Crippen molar-refractivity contribution in [2.75, 3.05) is 27.7 Å². The standard InChI is InChI=1S/C15H25N3O2/c1-11(15(19)17-2)9-18(3)10-13-7-12(8-16)5-6-14(13)20-4/h5-7,11H,8-10,16H2,1-4H3,(H,17,19). The van der Waals surface area contributed by atoms with Crippen LogP contribution in [0.15, 0.2) is 18.2 Å². The third kappa shape index (κ3) is 4.51. The van der Waals surface area contributed by atoms with Crippen molar-refractivity contribution < 1.29 is 9.53 Å². The summed E-state index contributed by atoms with van der Waals surface area (Å²) in [6.45, 7) is 3.84. The molecule has 0 aliphatic carbocycles. The van der Waals surface area contributed by atoms with E-state index >= 15 is 0 Å².